The van der Waals surface area contributed by atoms with Crippen molar-refractivity contribution in [1.29, 1.82) is 0 Å². The van der Waals surface area contributed by atoms with Crippen molar-refractivity contribution in [3.8, 4) is 0 Å². The quantitative estimate of drug-likeness (QED) is 0.704. The van der Waals surface area contributed by atoms with Crippen LogP contribution in [0.5, 0.6) is 0 Å². The second-order valence-corrected chi connectivity index (χ2v) is 6.22. The minimum Gasteiger partial charge on any atom is -0.346 e. The van der Waals surface area contributed by atoms with Crippen molar-refractivity contribution in [3.63, 3.8) is 0 Å². The molecule has 0 spiro atoms. The van der Waals surface area contributed by atoms with E-state index in [4.69, 9.17) is 11.6 Å². The average molecular weight is 400 g/mol. The number of likely N-dealkylation sites (N-methyl/N-ethyl adjacent to an activating group) is 1. The molecule has 0 atom stereocenters. The molecule has 2 aromatic rings. The van der Waals surface area contributed by atoms with Crippen LogP contribution in [0.25, 0.3) is 0 Å². The van der Waals surface area contributed by atoms with Crippen LogP contribution in [0.15, 0.2) is 36.4 Å². The second-order valence-electron chi connectivity index (χ2n) is 5.81. The summed E-state index contributed by atoms with van der Waals surface area (Å²) in [6, 6.07) is 8.79. The summed E-state index contributed by atoms with van der Waals surface area (Å²) in [5, 5.41) is 5.01. The number of hydrogen-bond acceptors (Lipinski definition) is 3. The molecule has 0 saturated heterocycles. The van der Waals surface area contributed by atoms with Crippen LogP contribution in [0.2, 0.25) is 5.02 Å². The van der Waals surface area contributed by atoms with E-state index in [1.165, 1.54) is 0 Å². The van der Waals surface area contributed by atoms with Gasteiger partial charge < -0.3 is 10.6 Å². The Labute approximate surface area is 159 Å². The molecule has 0 aliphatic heterocycles. The van der Waals surface area contributed by atoms with Gasteiger partial charge in [0.05, 0.1) is 18.8 Å². The third-order valence-corrected chi connectivity index (χ3v) is 3.94. The van der Waals surface area contributed by atoms with Gasteiger partial charge in [0.2, 0.25) is 11.8 Å². The minimum atomic E-state index is -1.68. The maximum Gasteiger partial charge on any atom is 0.243 e. The molecule has 0 heterocycles. The Morgan fingerprint density at radius 2 is 1.74 bits per heavy atom. The molecular formula is C18H17ClF3N3O2. The van der Waals surface area contributed by atoms with E-state index in [1.807, 2.05) is 12.1 Å². The number of nitrogens with zero attached hydrogens (tertiary/aromatic N) is 1. The molecule has 2 amide bonds. The van der Waals surface area contributed by atoms with Crippen LogP contribution < -0.4 is 10.6 Å². The van der Waals surface area contributed by atoms with Crippen LogP contribution in [-0.2, 0) is 16.1 Å². The molecule has 0 bridgehead atoms. The largest absolute Gasteiger partial charge is 0.346 e. The summed E-state index contributed by atoms with van der Waals surface area (Å²) in [6.45, 7) is -0.0192. The maximum atomic E-state index is 13.5. The molecule has 27 heavy (non-hydrogen) atoms. The van der Waals surface area contributed by atoms with Crippen molar-refractivity contribution < 1.29 is 22.8 Å². The van der Waals surface area contributed by atoms with Crippen LogP contribution >= 0.6 is 11.6 Å². The van der Waals surface area contributed by atoms with Gasteiger partial charge in [-0.2, -0.15) is 0 Å². The molecule has 2 N–H and O–H groups in total. The van der Waals surface area contributed by atoms with Gasteiger partial charge in [0.25, 0.3) is 0 Å². The third-order valence-electron chi connectivity index (χ3n) is 3.57. The number of benzene rings is 2. The Balaban J connectivity index is 1.80. The highest BCUT2D eigenvalue weighted by Crippen LogP contribution is 2.19. The molecule has 0 aliphatic rings. The molecule has 5 nitrogen and oxygen atoms in total. The number of carbonyl (C=O) groups is 2. The number of carbonyl (C=O) groups excluding carboxylic acids is 2. The molecule has 0 unspecified atom stereocenters. The average Bonchev–Trinajstić information content (AvgIpc) is 2.62. The molecule has 0 aromatic heterocycles. The molecule has 0 radical (unpaired) electrons. The van der Waals surface area contributed by atoms with E-state index in [9.17, 15) is 22.8 Å². The Kier molecular flexibility index (Phi) is 7.20. The number of hydrogen-bond donors (Lipinski definition) is 2. The molecule has 0 aliphatic carbocycles. The molecule has 2 aromatic carbocycles. The topological polar surface area (TPSA) is 61.4 Å². The Bertz CT molecular complexity index is 849. The number of rotatable bonds is 7. The Morgan fingerprint density at radius 3 is 2.44 bits per heavy atom. The lowest BCUT2D eigenvalue weighted by molar-refractivity contribution is -0.124. The zero-order valence-electron chi connectivity index (χ0n) is 14.4. The van der Waals surface area contributed by atoms with Gasteiger partial charge in [0.1, 0.15) is 0 Å². The van der Waals surface area contributed by atoms with E-state index in [-0.39, 0.29) is 6.54 Å². The fourth-order valence-electron chi connectivity index (χ4n) is 2.27. The van der Waals surface area contributed by atoms with E-state index in [0.29, 0.717) is 17.6 Å². The Hall–Kier alpha value is -2.58. The van der Waals surface area contributed by atoms with E-state index in [1.54, 1.807) is 24.1 Å². The Morgan fingerprint density at radius 1 is 1.04 bits per heavy atom. The van der Waals surface area contributed by atoms with Crippen LogP contribution in [0.3, 0.4) is 0 Å². The van der Waals surface area contributed by atoms with E-state index >= 15 is 0 Å². The molecular weight excluding hydrogens is 383 g/mol. The first-order valence-corrected chi connectivity index (χ1v) is 8.27. The lowest BCUT2D eigenvalue weighted by Gasteiger charge is -2.17. The highest BCUT2D eigenvalue weighted by molar-refractivity contribution is 6.31. The first-order chi connectivity index (χ1) is 12.8. The van der Waals surface area contributed by atoms with E-state index in [0.717, 1.165) is 11.6 Å². The van der Waals surface area contributed by atoms with Crippen molar-refractivity contribution in [2.24, 2.45) is 0 Å². The van der Waals surface area contributed by atoms with Crippen LogP contribution in [0.4, 0.5) is 18.9 Å². The third kappa shape index (κ3) is 5.97. The molecule has 0 saturated carbocycles. The SMILES string of the molecule is CN(CC(=O)NCC(=O)Nc1ccc(F)c(F)c1F)Cc1ccccc1Cl. The zero-order valence-corrected chi connectivity index (χ0v) is 15.1. The summed E-state index contributed by atoms with van der Waals surface area (Å²) in [4.78, 5) is 25.3. The van der Waals surface area contributed by atoms with Crippen LogP contribution in [0.1, 0.15) is 5.56 Å². The fraction of sp³-hybridized carbons (Fsp3) is 0.222. The van der Waals surface area contributed by atoms with Crippen molar-refractivity contribution in [1.82, 2.24) is 10.2 Å². The highest BCUT2D eigenvalue weighted by Gasteiger charge is 2.16. The molecule has 144 valence electrons. The first kappa shape index (κ1) is 20.7. The smallest absolute Gasteiger partial charge is 0.243 e. The summed E-state index contributed by atoms with van der Waals surface area (Å²) in [7, 11) is 1.71. The van der Waals surface area contributed by atoms with Crippen LogP contribution in [-0.4, -0.2) is 36.9 Å². The number of anilines is 1. The molecule has 0 fully saturated rings. The number of nitrogens with one attached hydrogen (secondary N) is 2. The highest BCUT2D eigenvalue weighted by atomic mass is 35.5. The monoisotopic (exact) mass is 399 g/mol. The molecule has 2 rings (SSSR count). The van der Waals surface area contributed by atoms with Gasteiger partial charge in [-0.25, -0.2) is 13.2 Å². The summed E-state index contributed by atoms with van der Waals surface area (Å²) < 4.78 is 39.5. The van der Waals surface area contributed by atoms with Gasteiger partial charge in [-0.1, -0.05) is 29.8 Å². The van der Waals surface area contributed by atoms with Crippen LogP contribution in [0, 0.1) is 17.5 Å². The van der Waals surface area contributed by atoms with Crippen molar-refractivity contribution in [2.75, 3.05) is 25.5 Å². The fourth-order valence-corrected chi connectivity index (χ4v) is 2.47. The van der Waals surface area contributed by atoms with Gasteiger partial charge in [-0.05, 0) is 30.8 Å². The van der Waals surface area contributed by atoms with E-state index < -0.39 is 41.5 Å². The van der Waals surface area contributed by atoms with Gasteiger partial charge >= 0.3 is 0 Å². The first-order valence-electron chi connectivity index (χ1n) is 7.90. The van der Waals surface area contributed by atoms with Crippen molar-refractivity contribution in [3.05, 3.63) is 64.4 Å². The van der Waals surface area contributed by atoms with Crippen molar-refractivity contribution >= 4 is 29.1 Å². The zero-order chi connectivity index (χ0) is 20.0. The molecule has 9 heteroatoms. The minimum absolute atomic E-state index is 0.00194. The van der Waals surface area contributed by atoms with Gasteiger partial charge in [0.15, 0.2) is 17.5 Å². The van der Waals surface area contributed by atoms with E-state index in [2.05, 4.69) is 10.6 Å². The summed E-state index contributed by atoms with van der Waals surface area (Å²) in [5.41, 5.74) is 0.338. The number of amides is 2. The lowest BCUT2D eigenvalue weighted by atomic mass is 10.2. The predicted octanol–water partition coefficient (Wildman–Crippen LogP) is 2.94. The predicted molar refractivity (Wildman–Crippen MR) is 95.7 cm³/mol. The lowest BCUT2D eigenvalue weighted by Crippen LogP contribution is -2.39. The van der Waals surface area contributed by atoms with Gasteiger partial charge in [-0.15, -0.1) is 0 Å². The number of halogens is 4. The standard InChI is InChI=1S/C18H17ClF3N3O2/c1-25(9-11-4-2-3-5-12(11)19)10-16(27)23-8-15(26)24-14-7-6-13(20)17(21)18(14)22/h2-7H,8-10H2,1H3,(H,23,27)(H,24,26). The summed E-state index contributed by atoms with van der Waals surface area (Å²) >= 11 is 6.06. The second kappa shape index (κ2) is 9.38. The normalized spacial score (nSPS) is 10.7. The summed E-state index contributed by atoms with van der Waals surface area (Å²) in [5.74, 6) is -5.76. The maximum absolute atomic E-state index is 13.5. The van der Waals surface area contributed by atoms with Gasteiger partial charge in [-0.3, -0.25) is 14.5 Å². The van der Waals surface area contributed by atoms with Crippen molar-refractivity contribution in [2.45, 2.75) is 6.54 Å². The van der Waals surface area contributed by atoms with Gasteiger partial charge in [0, 0.05) is 11.6 Å². The summed E-state index contributed by atoms with van der Waals surface area (Å²) in [6.07, 6.45) is 0.